The summed E-state index contributed by atoms with van der Waals surface area (Å²) >= 11 is 3.68. The molecule has 1 unspecified atom stereocenters. The van der Waals surface area contributed by atoms with E-state index in [1.54, 1.807) is 7.11 Å². The second-order valence-electron chi connectivity index (χ2n) is 4.44. The molecule has 1 rings (SSSR count). The third kappa shape index (κ3) is 3.51. The van der Waals surface area contributed by atoms with Crippen molar-refractivity contribution in [2.75, 3.05) is 7.11 Å². The highest BCUT2D eigenvalue weighted by Gasteiger charge is 2.10. The van der Waals surface area contributed by atoms with Crippen molar-refractivity contribution in [1.29, 1.82) is 0 Å². The number of ether oxygens (including phenoxy) is 1. The topological polar surface area (TPSA) is 9.23 Å². The van der Waals surface area contributed by atoms with E-state index in [0.717, 1.165) is 18.6 Å². The van der Waals surface area contributed by atoms with Crippen molar-refractivity contribution in [2.45, 2.75) is 44.4 Å². The molecule has 1 atom stereocenters. The van der Waals surface area contributed by atoms with Crippen molar-refractivity contribution >= 4 is 15.9 Å². The molecule has 0 aliphatic rings. The first-order valence-corrected chi connectivity index (χ1v) is 6.80. The lowest BCUT2D eigenvalue weighted by Crippen LogP contribution is -2.04. The monoisotopic (exact) mass is 284 g/mol. The van der Waals surface area contributed by atoms with E-state index >= 15 is 0 Å². The van der Waals surface area contributed by atoms with Crippen LogP contribution in [0.5, 0.6) is 5.75 Å². The summed E-state index contributed by atoms with van der Waals surface area (Å²) in [4.78, 5) is 0.531. The van der Waals surface area contributed by atoms with Gasteiger partial charge in [0.05, 0.1) is 7.11 Å². The van der Waals surface area contributed by atoms with Crippen LogP contribution in [0.4, 0.5) is 0 Å². The highest BCUT2D eigenvalue weighted by molar-refractivity contribution is 9.09. The second-order valence-corrected chi connectivity index (χ2v) is 5.73. The molecule has 0 amide bonds. The highest BCUT2D eigenvalue weighted by atomic mass is 79.9. The zero-order chi connectivity index (χ0) is 12.1. The molecule has 0 saturated heterocycles. The average Bonchev–Trinajstić information content (AvgIpc) is 2.28. The number of hydrogen-bond acceptors (Lipinski definition) is 1. The highest BCUT2D eigenvalue weighted by Crippen LogP contribution is 2.27. The van der Waals surface area contributed by atoms with Crippen LogP contribution in [-0.4, -0.2) is 11.9 Å². The van der Waals surface area contributed by atoms with Gasteiger partial charge >= 0.3 is 0 Å². The van der Waals surface area contributed by atoms with Crippen molar-refractivity contribution in [3.63, 3.8) is 0 Å². The second kappa shape index (κ2) is 6.29. The van der Waals surface area contributed by atoms with Gasteiger partial charge in [-0.25, -0.2) is 0 Å². The summed E-state index contributed by atoms with van der Waals surface area (Å²) < 4.78 is 5.40. The summed E-state index contributed by atoms with van der Waals surface area (Å²) in [6, 6.07) is 6.51. The number of hydrogen-bond donors (Lipinski definition) is 0. The lowest BCUT2D eigenvalue weighted by atomic mass is 9.98. The summed E-state index contributed by atoms with van der Waals surface area (Å²) in [7, 11) is 1.74. The predicted octanol–water partition coefficient (Wildman–Crippen LogP) is 4.53. The third-order valence-electron chi connectivity index (χ3n) is 2.86. The summed E-state index contributed by atoms with van der Waals surface area (Å²) in [5.74, 6) is 1.57. The first kappa shape index (κ1) is 13.6. The molecule has 0 bridgehead atoms. The van der Waals surface area contributed by atoms with Gasteiger partial charge in [0.15, 0.2) is 0 Å². The van der Waals surface area contributed by atoms with Crippen LogP contribution >= 0.6 is 15.9 Å². The van der Waals surface area contributed by atoms with E-state index < -0.39 is 0 Å². The fraction of sp³-hybridized carbons (Fsp3) is 0.571. The number of benzene rings is 1. The minimum absolute atomic E-state index is 0.531. The van der Waals surface area contributed by atoms with E-state index in [1.165, 1.54) is 11.1 Å². The number of halogens is 1. The van der Waals surface area contributed by atoms with Gasteiger partial charge in [-0.3, -0.25) is 0 Å². The molecule has 0 aromatic heterocycles. The molecule has 0 aliphatic heterocycles. The van der Waals surface area contributed by atoms with Crippen LogP contribution in [0.1, 0.15) is 44.2 Å². The van der Waals surface area contributed by atoms with Gasteiger partial charge in [0.1, 0.15) is 5.75 Å². The maximum Gasteiger partial charge on any atom is 0.122 e. The Labute approximate surface area is 107 Å². The zero-order valence-electron chi connectivity index (χ0n) is 10.6. The van der Waals surface area contributed by atoms with Crippen LogP contribution in [0, 0.1) is 0 Å². The molecule has 2 heteroatoms. The molecule has 1 aromatic rings. The molecule has 1 nitrogen and oxygen atoms in total. The van der Waals surface area contributed by atoms with E-state index in [9.17, 15) is 0 Å². The Morgan fingerprint density at radius 2 is 2.00 bits per heavy atom. The molecular formula is C14H21BrO. The minimum atomic E-state index is 0.531. The van der Waals surface area contributed by atoms with Crippen molar-refractivity contribution < 1.29 is 4.74 Å². The van der Waals surface area contributed by atoms with Crippen LogP contribution in [0.15, 0.2) is 18.2 Å². The predicted molar refractivity (Wildman–Crippen MR) is 73.8 cm³/mol. The molecular weight excluding hydrogens is 264 g/mol. The van der Waals surface area contributed by atoms with Gasteiger partial charge in [0, 0.05) is 4.83 Å². The van der Waals surface area contributed by atoms with Gasteiger partial charge in [-0.2, -0.15) is 0 Å². The summed E-state index contributed by atoms with van der Waals surface area (Å²) in [6.07, 6.45) is 2.16. The van der Waals surface area contributed by atoms with Gasteiger partial charge in [0.25, 0.3) is 0 Å². The zero-order valence-corrected chi connectivity index (χ0v) is 12.2. The molecule has 0 radical (unpaired) electrons. The number of rotatable bonds is 5. The van der Waals surface area contributed by atoms with Gasteiger partial charge in [-0.1, -0.05) is 48.8 Å². The van der Waals surface area contributed by atoms with Gasteiger partial charge in [0.2, 0.25) is 0 Å². The lowest BCUT2D eigenvalue weighted by Gasteiger charge is -2.14. The van der Waals surface area contributed by atoms with Crippen LogP contribution in [0.2, 0.25) is 0 Å². The molecule has 0 N–H and O–H groups in total. The van der Waals surface area contributed by atoms with Crippen molar-refractivity contribution in [1.82, 2.24) is 0 Å². The fourth-order valence-corrected chi connectivity index (χ4v) is 2.05. The van der Waals surface area contributed by atoms with E-state index in [0.29, 0.717) is 10.7 Å². The van der Waals surface area contributed by atoms with Crippen LogP contribution in [-0.2, 0) is 6.42 Å². The molecule has 0 heterocycles. The van der Waals surface area contributed by atoms with E-state index in [2.05, 4.69) is 54.9 Å². The molecule has 0 fully saturated rings. The maximum absolute atomic E-state index is 5.40. The first-order valence-electron chi connectivity index (χ1n) is 5.89. The SMILES string of the molecule is CCC(Br)Cc1cc(C(C)C)ccc1OC. The summed E-state index contributed by atoms with van der Waals surface area (Å²) in [5, 5.41) is 0. The average molecular weight is 285 g/mol. The largest absolute Gasteiger partial charge is 0.496 e. The van der Waals surface area contributed by atoms with E-state index in [-0.39, 0.29) is 0 Å². The summed E-state index contributed by atoms with van der Waals surface area (Å²) in [5.41, 5.74) is 2.68. The Morgan fingerprint density at radius 3 is 2.50 bits per heavy atom. The van der Waals surface area contributed by atoms with Gasteiger partial charge < -0.3 is 4.74 Å². The number of methoxy groups -OCH3 is 1. The first-order chi connectivity index (χ1) is 7.58. The number of alkyl halides is 1. The Bertz CT molecular complexity index is 334. The van der Waals surface area contributed by atoms with E-state index in [4.69, 9.17) is 4.74 Å². The Kier molecular flexibility index (Phi) is 5.33. The third-order valence-corrected chi connectivity index (χ3v) is 3.83. The molecule has 16 heavy (non-hydrogen) atoms. The van der Waals surface area contributed by atoms with Crippen LogP contribution in [0.3, 0.4) is 0 Å². The lowest BCUT2D eigenvalue weighted by molar-refractivity contribution is 0.409. The standard InChI is InChI=1S/C14H21BrO/c1-5-13(15)9-12-8-11(10(2)3)6-7-14(12)16-4/h6-8,10,13H,5,9H2,1-4H3. The smallest absolute Gasteiger partial charge is 0.122 e. The molecule has 90 valence electrons. The molecule has 0 aliphatic carbocycles. The molecule has 1 aromatic carbocycles. The van der Waals surface area contributed by atoms with E-state index in [1.807, 2.05) is 0 Å². The molecule has 0 spiro atoms. The van der Waals surface area contributed by atoms with Gasteiger partial charge in [-0.05, 0) is 36.0 Å². The Morgan fingerprint density at radius 1 is 1.31 bits per heavy atom. The van der Waals surface area contributed by atoms with Crippen LogP contribution in [0.25, 0.3) is 0 Å². The summed E-state index contributed by atoms with van der Waals surface area (Å²) in [6.45, 7) is 6.63. The quantitative estimate of drug-likeness (QED) is 0.722. The Balaban J connectivity index is 2.97. The minimum Gasteiger partial charge on any atom is -0.496 e. The fourth-order valence-electron chi connectivity index (χ4n) is 1.70. The molecule has 0 saturated carbocycles. The maximum atomic E-state index is 5.40. The van der Waals surface area contributed by atoms with Crippen molar-refractivity contribution in [3.05, 3.63) is 29.3 Å². The Hall–Kier alpha value is -0.500. The van der Waals surface area contributed by atoms with Crippen molar-refractivity contribution in [2.24, 2.45) is 0 Å². The van der Waals surface area contributed by atoms with Crippen LogP contribution < -0.4 is 4.74 Å². The van der Waals surface area contributed by atoms with Crippen molar-refractivity contribution in [3.8, 4) is 5.75 Å². The van der Waals surface area contributed by atoms with Gasteiger partial charge in [-0.15, -0.1) is 0 Å². The normalized spacial score (nSPS) is 12.9.